The third kappa shape index (κ3) is 3.16. The molecule has 0 aliphatic carbocycles. The van der Waals surface area contributed by atoms with E-state index in [-0.39, 0.29) is 24.2 Å². The van der Waals surface area contributed by atoms with Gasteiger partial charge < -0.3 is 14.4 Å². The molecule has 1 spiro atoms. The number of hydrogen-bond acceptors (Lipinski definition) is 4. The van der Waals surface area contributed by atoms with Gasteiger partial charge in [0, 0.05) is 19.2 Å². The number of carbonyl (C=O) groups is 2. The first-order chi connectivity index (χ1) is 13.5. The van der Waals surface area contributed by atoms with Gasteiger partial charge in [-0.1, -0.05) is 30.3 Å². The average Bonchev–Trinajstić information content (AvgIpc) is 2.93. The van der Waals surface area contributed by atoms with E-state index in [1.165, 1.54) is 21.9 Å². The molecule has 2 heterocycles. The fraction of sp³-hybridized carbons (Fsp3) is 0.333. The molecule has 0 radical (unpaired) electrons. The molecule has 0 atom stereocenters. The largest absolute Gasteiger partial charge is 0.340 e. The second-order valence-electron chi connectivity index (χ2n) is 6.95. The van der Waals surface area contributed by atoms with E-state index in [1.807, 2.05) is 12.1 Å². The van der Waals surface area contributed by atoms with Crippen LogP contribution in [0.5, 0.6) is 0 Å². The number of nitrogens with zero attached hydrogens (tertiary/aromatic N) is 2. The van der Waals surface area contributed by atoms with Gasteiger partial charge in [-0.3, -0.25) is 14.5 Å². The molecule has 1 fully saturated rings. The third-order valence-electron chi connectivity index (χ3n) is 5.03. The van der Waals surface area contributed by atoms with Crippen LogP contribution in [0.4, 0.5) is 10.1 Å². The summed E-state index contributed by atoms with van der Waals surface area (Å²) in [5.74, 6) is -2.39. The molecule has 2 amide bonds. The van der Waals surface area contributed by atoms with Crippen LogP contribution in [0.25, 0.3) is 0 Å². The number of fused-ring (bicyclic) bond motifs is 2. The van der Waals surface area contributed by atoms with Crippen molar-refractivity contribution in [1.29, 1.82) is 0 Å². The molecule has 2 aromatic carbocycles. The van der Waals surface area contributed by atoms with Crippen LogP contribution >= 0.6 is 0 Å². The first-order valence-electron chi connectivity index (χ1n) is 9.19. The summed E-state index contributed by atoms with van der Waals surface area (Å²) in [7, 11) is 1.65. The molecule has 28 heavy (non-hydrogen) atoms. The van der Waals surface area contributed by atoms with Crippen LogP contribution in [0.1, 0.15) is 17.5 Å². The Morgan fingerprint density at radius 1 is 1.14 bits per heavy atom. The fourth-order valence-corrected chi connectivity index (χ4v) is 3.57. The number of para-hydroxylation sites is 1. The Balaban J connectivity index is 1.53. The van der Waals surface area contributed by atoms with Gasteiger partial charge in [-0.2, -0.15) is 0 Å². The maximum absolute atomic E-state index is 13.2. The van der Waals surface area contributed by atoms with Crippen LogP contribution < -0.4 is 4.90 Å². The van der Waals surface area contributed by atoms with E-state index < -0.39 is 5.79 Å². The van der Waals surface area contributed by atoms with Gasteiger partial charge in [0.25, 0.3) is 11.7 Å². The van der Waals surface area contributed by atoms with Crippen LogP contribution in [-0.4, -0.2) is 43.5 Å². The minimum atomic E-state index is -1.45. The first kappa shape index (κ1) is 18.6. The first-order valence-corrected chi connectivity index (χ1v) is 9.19. The highest BCUT2D eigenvalue weighted by atomic mass is 19.1. The average molecular weight is 384 g/mol. The molecule has 0 N–H and O–H groups in total. The molecule has 4 rings (SSSR count). The van der Waals surface area contributed by atoms with Crippen LogP contribution in [0.3, 0.4) is 0 Å². The summed E-state index contributed by atoms with van der Waals surface area (Å²) in [4.78, 5) is 28.9. The quantitative estimate of drug-likeness (QED) is 0.812. The number of carbonyl (C=O) groups excluding carboxylic acids is 2. The molecule has 146 valence electrons. The second-order valence-corrected chi connectivity index (χ2v) is 6.95. The van der Waals surface area contributed by atoms with Gasteiger partial charge in [-0.05, 0) is 30.2 Å². The van der Waals surface area contributed by atoms with E-state index in [4.69, 9.17) is 9.47 Å². The van der Waals surface area contributed by atoms with Crippen LogP contribution in [0, 0.1) is 5.82 Å². The lowest BCUT2D eigenvalue weighted by atomic mass is 10.1. The Kier molecular flexibility index (Phi) is 4.87. The molecule has 0 saturated carbocycles. The SMILES string of the molecule is CN(Cc1ccc(F)cc1)C(=O)CN1C(=O)C2(OCCCO2)c2ccccc21. The van der Waals surface area contributed by atoms with Crippen molar-refractivity contribution < 1.29 is 23.5 Å². The molecule has 0 unspecified atom stereocenters. The number of amides is 2. The zero-order valence-corrected chi connectivity index (χ0v) is 15.6. The summed E-state index contributed by atoms with van der Waals surface area (Å²) in [6.07, 6.45) is 0.719. The number of hydrogen-bond donors (Lipinski definition) is 0. The molecule has 0 bridgehead atoms. The molecule has 6 nitrogen and oxygen atoms in total. The van der Waals surface area contributed by atoms with Crippen molar-refractivity contribution in [2.75, 3.05) is 31.7 Å². The van der Waals surface area contributed by atoms with Crippen molar-refractivity contribution >= 4 is 17.5 Å². The molecular weight excluding hydrogens is 363 g/mol. The highest BCUT2D eigenvalue weighted by Gasteiger charge is 2.55. The maximum atomic E-state index is 13.2. The minimum Gasteiger partial charge on any atom is -0.340 e. The summed E-state index contributed by atoms with van der Waals surface area (Å²) in [6, 6.07) is 13.2. The third-order valence-corrected chi connectivity index (χ3v) is 5.03. The maximum Gasteiger partial charge on any atom is 0.293 e. The summed E-state index contributed by atoms with van der Waals surface area (Å²) in [5.41, 5.74) is 2.06. The van der Waals surface area contributed by atoms with Gasteiger partial charge >= 0.3 is 0 Å². The van der Waals surface area contributed by atoms with Crippen molar-refractivity contribution in [2.45, 2.75) is 18.8 Å². The van der Waals surface area contributed by atoms with E-state index in [2.05, 4.69) is 0 Å². The van der Waals surface area contributed by atoms with Crippen molar-refractivity contribution in [3.63, 3.8) is 0 Å². The zero-order valence-electron chi connectivity index (χ0n) is 15.6. The monoisotopic (exact) mass is 384 g/mol. The predicted octanol–water partition coefficient (Wildman–Crippen LogP) is 2.42. The van der Waals surface area contributed by atoms with E-state index in [9.17, 15) is 14.0 Å². The molecule has 0 aromatic heterocycles. The molecule has 1 saturated heterocycles. The molecule has 2 aliphatic heterocycles. The van der Waals surface area contributed by atoms with E-state index in [1.54, 1.807) is 31.3 Å². The summed E-state index contributed by atoms with van der Waals surface area (Å²) in [5, 5.41) is 0. The van der Waals surface area contributed by atoms with Crippen LogP contribution in [-0.2, 0) is 31.4 Å². The Bertz CT molecular complexity index is 894. The van der Waals surface area contributed by atoms with E-state index in [0.717, 1.165) is 12.0 Å². The smallest absolute Gasteiger partial charge is 0.293 e. The Hall–Kier alpha value is -2.77. The topological polar surface area (TPSA) is 59.1 Å². The number of benzene rings is 2. The number of ether oxygens (including phenoxy) is 2. The van der Waals surface area contributed by atoms with Gasteiger partial charge in [0.2, 0.25) is 5.91 Å². The van der Waals surface area contributed by atoms with Gasteiger partial charge in [0.05, 0.1) is 18.9 Å². The molecule has 2 aromatic rings. The van der Waals surface area contributed by atoms with Crippen LogP contribution in [0.2, 0.25) is 0 Å². The van der Waals surface area contributed by atoms with Crippen molar-refractivity contribution in [3.05, 3.63) is 65.5 Å². The Morgan fingerprint density at radius 2 is 1.82 bits per heavy atom. The van der Waals surface area contributed by atoms with Crippen molar-refractivity contribution in [3.8, 4) is 0 Å². The van der Waals surface area contributed by atoms with Crippen molar-refractivity contribution in [1.82, 2.24) is 4.90 Å². The lowest BCUT2D eigenvalue weighted by molar-refractivity contribution is -0.256. The van der Waals surface area contributed by atoms with E-state index in [0.29, 0.717) is 31.0 Å². The number of halogens is 1. The number of rotatable bonds is 4. The summed E-state index contributed by atoms with van der Waals surface area (Å²) in [6.45, 7) is 1.04. The highest BCUT2D eigenvalue weighted by Crippen LogP contribution is 2.44. The normalized spacial score (nSPS) is 17.6. The zero-order chi connectivity index (χ0) is 19.7. The second kappa shape index (κ2) is 7.33. The number of likely N-dealkylation sites (N-methyl/N-ethyl adjacent to an activating group) is 1. The van der Waals surface area contributed by atoms with Gasteiger partial charge in [-0.25, -0.2) is 4.39 Å². The Labute approximate surface area is 162 Å². The van der Waals surface area contributed by atoms with Gasteiger partial charge in [0.15, 0.2) is 0 Å². The van der Waals surface area contributed by atoms with Gasteiger partial charge in [-0.15, -0.1) is 0 Å². The number of anilines is 1. The lowest BCUT2D eigenvalue weighted by Gasteiger charge is -2.32. The molecular formula is C21H21FN2O4. The summed E-state index contributed by atoms with van der Waals surface area (Å²) >= 11 is 0. The summed E-state index contributed by atoms with van der Waals surface area (Å²) < 4.78 is 24.6. The van der Waals surface area contributed by atoms with Crippen LogP contribution in [0.15, 0.2) is 48.5 Å². The van der Waals surface area contributed by atoms with E-state index >= 15 is 0 Å². The highest BCUT2D eigenvalue weighted by molar-refractivity contribution is 6.08. The lowest BCUT2D eigenvalue weighted by Crippen LogP contribution is -2.49. The molecule has 7 heteroatoms. The van der Waals surface area contributed by atoms with Gasteiger partial charge in [0.1, 0.15) is 12.4 Å². The minimum absolute atomic E-state index is 0.123. The van der Waals surface area contributed by atoms with Crippen molar-refractivity contribution in [2.24, 2.45) is 0 Å². The fourth-order valence-electron chi connectivity index (χ4n) is 3.57. The molecule has 2 aliphatic rings. The predicted molar refractivity (Wildman–Crippen MR) is 99.9 cm³/mol. The standard InChI is InChI=1S/C21H21FN2O4/c1-23(13-15-7-9-16(22)10-8-15)19(25)14-24-18-6-3-2-5-17(18)21(20(24)26)27-11-4-12-28-21/h2-3,5-10H,4,11-14H2,1H3. The Morgan fingerprint density at radius 3 is 2.54 bits per heavy atom.